The quantitative estimate of drug-likeness (QED) is 0.692. The van der Waals surface area contributed by atoms with Crippen molar-refractivity contribution < 1.29 is 9.53 Å². The maximum Gasteiger partial charge on any atom is 0.253 e. The molecule has 0 spiro atoms. The highest BCUT2D eigenvalue weighted by Gasteiger charge is 2.32. The van der Waals surface area contributed by atoms with Crippen molar-refractivity contribution in [2.24, 2.45) is 5.92 Å². The smallest absolute Gasteiger partial charge is 0.253 e. The summed E-state index contributed by atoms with van der Waals surface area (Å²) in [5.74, 6) is 0.551. The third-order valence-corrected chi connectivity index (χ3v) is 6.58. The van der Waals surface area contributed by atoms with Crippen molar-refractivity contribution in [1.29, 1.82) is 0 Å². The molecular weight excluding hydrogens is 388 g/mol. The lowest BCUT2D eigenvalue weighted by molar-refractivity contribution is 0.0699. The molecule has 31 heavy (non-hydrogen) atoms. The summed E-state index contributed by atoms with van der Waals surface area (Å²) in [5, 5.41) is 5.08. The van der Waals surface area contributed by atoms with Crippen molar-refractivity contribution in [2.75, 3.05) is 26.3 Å². The maximum atomic E-state index is 12.7. The van der Waals surface area contributed by atoms with Crippen molar-refractivity contribution >= 4 is 16.8 Å². The van der Waals surface area contributed by atoms with E-state index in [0.29, 0.717) is 18.0 Å². The van der Waals surface area contributed by atoms with Crippen molar-refractivity contribution in [1.82, 2.24) is 20.2 Å². The first-order valence-electron chi connectivity index (χ1n) is 11.1. The molecule has 2 fully saturated rings. The van der Waals surface area contributed by atoms with Gasteiger partial charge in [0.15, 0.2) is 0 Å². The van der Waals surface area contributed by atoms with E-state index in [-0.39, 0.29) is 5.91 Å². The summed E-state index contributed by atoms with van der Waals surface area (Å²) in [6.07, 6.45) is 8.18. The molecule has 0 unspecified atom stereocenters. The Kier molecular flexibility index (Phi) is 5.91. The number of nitrogens with one attached hydrogen (secondary N) is 1. The predicted octanol–water partition coefficient (Wildman–Crippen LogP) is 3.08. The SMILES string of the molecule is O=C(c1ccncc1)N1CCC(N[C@@H]2COC[C@H]2Cc2ccnc3ccccc23)CC1. The molecule has 0 saturated carbocycles. The van der Waals surface area contributed by atoms with Crippen molar-refractivity contribution in [2.45, 2.75) is 31.3 Å². The second-order valence-corrected chi connectivity index (χ2v) is 8.56. The van der Waals surface area contributed by atoms with E-state index < -0.39 is 0 Å². The number of hydrogen-bond donors (Lipinski definition) is 1. The zero-order valence-electron chi connectivity index (χ0n) is 17.6. The Hall–Kier alpha value is -2.83. The van der Waals surface area contributed by atoms with Crippen LogP contribution in [0, 0.1) is 5.92 Å². The molecule has 1 N–H and O–H groups in total. The third kappa shape index (κ3) is 4.45. The molecule has 4 heterocycles. The summed E-state index contributed by atoms with van der Waals surface area (Å²) >= 11 is 0. The van der Waals surface area contributed by atoms with E-state index in [1.807, 2.05) is 17.2 Å². The molecule has 2 atom stereocenters. The number of para-hydroxylation sites is 1. The molecular formula is C25H28N4O2. The minimum absolute atomic E-state index is 0.104. The fourth-order valence-corrected chi connectivity index (χ4v) is 4.83. The first-order chi connectivity index (χ1) is 15.3. The molecule has 1 aromatic carbocycles. The Morgan fingerprint density at radius 1 is 1.03 bits per heavy atom. The largest absolute Gasteiger partial charge is 0.379 e. The number of carbonyl (C=O) groups excluding carboxylic acids is 1. The van der Waals surface area contributed by atoms with E-state index in [1.165, 1.54) is 10.9 Å². The average molecular weight is 417 g/mol. The number of carbonyl (C=O) groups is 1. The Morgan fingerprint density at radius 2 is 1.84 bits per heavy atom. The minimum Gasteiger partial charge on any atom is -0.379 e. The Balaban J connectivity index is 1.18. The van der Waals surface area contributed by atoms with Gasteiger partial charge in [-0.05, 0) is 49.1 Å². The van der Waals surface area contributed by atoms with Gasteiger partial charge in [-0.2, -0.15) is 0 Å². The number of hydrogen-bond acceptors (Lipinski definition) is 5. The number of aromatic nitrogens is 2. The van der Waals surface area contributed by atoms with Crippen LogP contribution in [0.2, 0.25) is 0 Å². The molecule has 6 heteroatoms. The van der Waals surface area contributed by atoms with E-state index >= 15 is 0 Å². The standard InChI is InChI=1S/C25H28N4O2/c30-25(18-5-10-26-11-6-18)29-13-8-21(9-14-29)28-24-17-31-16-20(24)15-19-7-12-27-23-4-2-1-3-22(19)23/h1-7,10-12,20-21,24,28H,8-9,13-17H2/t20-,24-/m1/s1. The Labute approximate surface area is 182 Å². The van der Waals surface area contributed by atoms with Gasteiger partial charge in [-0.15, -0.1) is 0 Å². The lowest BCUT2D eigenvalue weighted by Crippen LogP contribution is -2.49. The lowest BCUT2D eigenvalue weighted by atomic mass is 9.92. The molecule has 0 aliphatic carbocycles. The normalized spacial score (nSPS) is 22.1. The van der Waals surface area contributed by atoms with E-state index in [2.05, 4.69) is 39.6 Å². The summed E-state index contributed by atoms with van der Waals surface area (Å²) in [7, 11) is 0. The second kappa shape index (κ2) is 9.12. The van der Waals surface area contributed by atoms with Crippen LogP contribution in [0.3, 0.4) is 0 Å². The van der Waals surface area contributed by atoms with Crippen LogP contribution in [0.25, 0.3) is 10.9 Å². The summed E-state index contributed by atoms with van der Waals surface area (Å²) in [6.45, 7) is 3.11. The van der Waals surface area contributed by atoms with Crippen LogP contribution in [0.1, 0.15) is 28.8 Å². The molecule has 1 amide bonds. The Morgan fingerprint density at radius 3 is 2.68 bits per heavy atom. The molecule has 2 aliphatic rings. The number of nitrogens with zero attached hydrogens (tertiary/aromatic N) is 3. The van der Waals surface area contributed by atoms with Gasteiger partial charge in [0.05, 0.1) is 18.7 Å². The first-order valence-corrected chi connectivity index (χ1v) is 11.1. The number of pyridine rings is 2. The van der Waals surface area contributed by atoms with Gasteiger partial charge < -0.3 is 15.0 Å². The molecule has 6 nitrogen and oxygen atoms in total. The van der Waals surface area contributed by atoms with Gasteiger partial charge in [-0.25, -0.2) is 0 Å². The molecule has 5 rings (SSSR count). The van der Waals surface area contributed by atoms with Gasteiger partial charge in [0.1, 0.15) is 0 Å². The predicted molar refractivity (Wildman–Crippen MR) is 120 cm³/mol. The van der Waals surface area contributed by atoms with E-state index in [0.717, 1.165) is 56.6 Å². The van der Waals surface area contributed by atoms with Crippen LogP contribution in [0.5, 0.6) is 0 Å². The molecule has 2 saturated heterocycles. The fraction of sp³-hybridized carbons (Fsp3) is 0.400. The third-order valence-electron chi connectivity index (χ3n) is 6.58. The summed E-state index contributed by atoms with van der Waals surface area (Å²) in [5.41, 5.74) is 3.11. The van der Waals surface area contributed by atoms with Crippen molar-refractivity contribution in [3.05, 3.63) is 72.2 Å². The second-order valence-electron chi connectivity index (χ2n) is 8.56. The number of piperidine rings is 1. The van der Waals surface area contributed by atoms with Crippen molar-refractivity contribution in [3.8, 4) is 0 Å². The monoisotopic (exact) mass is 416 g/mol. The van der Waals surface area contributed by atoms with E-state index in [4.69, 9.17) is 4.74 Å². The molecule has 0 radical (unpaired) electrons. The first kappa shape index (κ1) is 20.1. The van der Waals surface area contributed by atoms with Gasteiger partial charge in [0, 0.05) is 60.6 Å². The highest BCUT2D eigenvalue weighted by Crippen LogP contribution is 2.25. The van der Waals surface area contributed by atoms with Gasteiger partial charge in [0.2, 0.25) is 0 Å². The minimum atomic E-state index is 0.104. The topological polar surface area (TPSA) is 67.4 Å². The maximum absolute atomic E-state index is 12.7. The molecule has 3 aromatic rings. The summed E-state index contributed by atoms with van der Waals surface area (Å²) in [6, 6.07) is 14.8. The van der Waals surface area contributed by atoms with Gasteiger partial charge in [-0.1, -0.05) is 18.2 Å². The lowest BCUT2D eigenvalue weighted by Gasteiger charge is -2.34. The number of ether oxygens (including phenoxy) is 1. The number of rotatable bonds is 5. The summed E-state index contributed by atoms with van der Waals surface area (Å²) < 4.78 is 5.86. The Bertz CT molecular complexity index is 1030. The van der Waals surface area contributed by atoms with Gasteiger partial charge in [-0.3, -0.25) is 14.8 Å². The zero-order chi connectivity index (χ0) is 21.0. The highest BCUT2D eigenvalue weighted by atomic mass is 16.5. The fourth-order valence-electron chi connectivity index (χ4n) is 4.83. The summed E-state index contributed by atoms with van der Waals surface area (Å²) in [4.78, 5) is 23.1. The van der Waals surface area contributed by atoms with Crippen LogP contribution in [0.15, 0.2) is 61.1 Å². The average Bonchev–Trinajstić information content (AvgIpc) is 3.26. The molecule has 0 bridgehead atoms. The van der Waals surface area contributed by atoms with Crippen LogP contribution in [0.4, 0.5) is 0 Å². The van der Waals surface area contributed by atoms with Crippen LogP contribution < -0.4 is 5.32 Å². The number of benzene rings is 1. The zero-order valence-corrected chi connectivity index (χ0v) is 17.6. The highest BCUT2D eigenvalue weighted by molar-refractivity contribution is 5.94. The molecule has 2 aliphatic heterocycles. The number of likely N-dealkylation sites (tertiary alicyclic amines) is 1. The van der Waals surface area contributed by atoms with E-state index in [9.17, 15) is 4.79 Å². The molecule has 160 valence electrons. The van der Waals surface area contributed by atoms with Gasteiger partial charge >= 0.3 is 0 Å². The van der Waals surface area contributed by atoms with Crippen molar-refractivity contribution in [3.63, 3.8) is 0 Å². The molecule has 2 aromatic heterocycles. The van der Waals surface area contributed by atoms with Crippen LogP contribution in [-0.2, 0) is 11.2 Å². The number of fused-ring (bicyclic) bond motifs is 1. The van der Waals surface area contributed by atoms with Crippen LogP contribution in [-0.4, -0.2) is 59.2 Å². The van der Waals surface area contributed by atoms with Gasteiger partial charge in [0.25, 0.3) is 5.91 Å². The van der Waals surface area contributed by atoms with E-state index in [1.54, 1.807) is 24.5 Å². The van der Waals surface area contributed by atoms with Crippen LogP contribution >= 0.6 is 0 Å². The number of amides is 1.